The molecule has 3 rings (SSSR count). The molecular weight excluding hydrogens is 414 g/mol. The first-order valence-corrected chi connectivity index (χ1v) is 14.6. The highest BCUT2D eigenvalue weighted by atomic mass is 15.6. The predicted octanol–water partition coefficient (Wildman–Crippen LogP) is 8.93. The second kappa shape index (κ2) is 12.1. The molecule has 0 amide bonds. The lowest BCUT2D eigenvalue weighted by molar-refractivity contribution is -0.107. The Hall–Kier alpha value is -0.570. The average molecular weight is 476 g/mol. The summed E-state index contributed by atoms with van der Waals surface area (Å²) in [5.41, 5.74) is 2.12. The van der Waals surface area contributed by atoms with E-state index in [1.807, 2.05) is 13.8 Å². The summed E-state index contributed by atoms with van der Waals surface area (Å²) in [4.78, 5) is 0. The maximum absolute atomic E-state index is 6.25. The third kappa shape index (κ3) is 6.04. The molecule has 3 saturated carbocycles. The predicted molar refractivity (Wildman–Crippen MR) is 151 cm³/mol. The highest BCUT2D eigenvalue weighted by Crippen LogP contribution is 2.67. The molecule has 3 aliphatic carbocycles. The molecule has 3 fully saturated rings. The Morgan fingerprint density at radius 3 is 2.35 bits per heavy atom. The molecule has 0 heterocycles. The number of fused-ring (bicyclic) bond motifs is 3. The van der Waals surface area contributed by atoms with Gasteiger partial charge in [-0.1, -0.05) is 74.7 Å². The molecule has 0 saturated heterocycles. The summed E-state index contributed by atoms with van der Waals surface area (Å²) in [6.07, 6.45) is 15.9. The van der Waals surface area contributed by atoms with Gasteiger partial charge < -0.3 is 0 Å². The molecule has 0 aromatic carbocycles. The van der Waals surface area contributed by atoms with E-state index >= 15 is 0 Å². The Morgan fingerprint density at radius 2 is 1.74 bits per heavy atom. The Balaban J connectivity index is 0.00000408. The molecule has 0 aromatic heterocycles. The fraction of sp³-hybridized carbons (Fsp3) is 0.968. The van der Waals surface area contributed by atoms with E-state index in [-0.39, 0.29) is 7.43 Å². The van der Waals surface area contributed by atoms with Crippen LogP contribution in [0.4, 0.5) is 0 Å². The molecular formula is C31H61N3. The number of nitrogens with two attached hydrogens (primary N) is 1. The van der Waals surface area contributed by atoms with Crippen molar-refractivity contribution in [1.82, 2.24) is 5.12 Å². The maximum atomic E-state index is 6.25. The van der Waals surface area contributed by atoms with E-state index in [1.54, 1.807) is 5.12 Å². The van der Waals surface area contributed by atoms with Gasteiger partial charge in [0.15, 0.2) is 0 Å². The van der Waals surface area contributed by atoms with Gasteiger partial charge >= 0.3 is 0 Å². The van der Waals surface area contributed by atoms with E-state index in [9.17, 15) is 0 Å². The molecule has 8 atom stereocenters. The summed E-state index contributed by atoms with van der Waals surface area (Å²) >= 11 is 0. The average Bonchev–Trinajstić information content (AvgIpc) is 3.06. The number of nitrogens with zero attached hydrogens (tertiary/aromatic N) is 2. The van der Waals surface area contributed by atoms with Gasteiger partial charge in [0.25, 0.3) is 0 Å². The van der Waals surface area contributed by atoms with Crippen molar-refractivity contribution >= 4 is 5.71 Å². The van der Waals surface area contributed by atoms with Gasteiger partial charge in [-0.2, -0.15) is 5.10 Å². The van der Waals surface area contributed by atoms with Crippen LogP contribution in [0.15, 0.2) is 5.10 Å². The number of rotatable bonds is 10. The third-order valence-electron chi connectivity index (χ3n) is 10.8. The van der Waals surface area contributed by atoms with E-state index in [4.69, 9.17) is 5.84 Å². The zero-order valence-electron chi connectivity index (χ0n) is 23.5. The molecule has 200 valence electrons. The van der Waals surface area contributed by atoms with Gasteiger partial charge in [-0.05, 0) is 111 Å². The minimum atomic E-state index is 0. The van der Waals surface area contributed by atoms with Crippen LogP contribution in [0.1, 0.15) is 133 Å². The fourth-order valence-corrected chi connectivity index (χ4v) is 9.33. The smallest absolute Gasteiger partial charge is 0.0559 e. The van der Waals surface area contributed by atoms with Crippen LogP contribution in [-0.2, 0) is 0 Å². The molecule has 0 aromatic rings. The van der Waals surface area contributed by atoms with Crippen molar-refractivity contribution in [3.8, 4) is 0 Å². The van der Waals surface area contributed by atoms with Gasteiger partial charge in [-0.25, -0.2) is 11.0 Å². The summed E-state index contributed by atoms with van der Waals surface area (Å²) in [7, 11) is 0. The zero-order chi connectivity index (χ0) is 24.4. The van der Waals surface area contributed by atoms with E-state index in [0.717, 1.165) is 47.8 Å². The van der Waals surface area contributed by atoms with E-state index in [2.05, 4.69) is 46.6 Å². The van der Waals surface area contributed by atoms with Crippen LogP contribution >= 0.6 is 0 Å². The lowest BCUT2D eigenvalue weighted by Gasteiger charge is -2.60. The van der Waals surface area contributed by atoms with E-state index in [0.29, 0.717) is 16.7 Å². The molecule has 0 spiro atoms. The van der Waals surface area contributed by atoms with Crippen LogP contribution in [0.3, 0.4) is 0 Å². The van der Waals surface area contributed by atoms with Crippen molar-refractivity contribution in [2.45, 2.75) is 133 Å². The second-order valence-corrected chi connectivity index (χ2v) is 13.6. The molecule has 3 aliphatic rings. The second-order valence-electron chi connectivity index (χ2n) is 13.6. The number of hydrogen-bond donors (Lipinski definition) is 1. The van der Waals surface area contributed by atoms with Crippen molar-refractivity contribution in [2.24, 2.45) is 63.2 Å². The Bertz CT molecular complexity index is 653. The van der Waals surface area contributed by atoms with Gasteiger partial charge in [0.2, 0.25) is 0 Å². The van der Waals surface area contributed by atoms with Gasteiger partial charge in [0, 0.05) is 5.71 Å². The minimum Gasteiger partial charge on any atom is -0.232 e. The first kappa shape index (κ1) is 29.7. The monoisotopic (exact) mass is 475 g/mol. The Morgan fingerprint density at radius 1 is 1.03 bits per heavy atom. The van der Waals surface area contributed by atoms with Crippen molar-refractivity contribution < 1.29 is 0 Å². The summed E-state index contributed by atoms with van der Waals surface area (Å²) in [5, 5.41) is 6.21. The van der Waals surface area contributed by atoms with Gasteiger partial charge in [-0.15, -0.1) is 0 Å². The van der Waals surface area contributed by atoms with Crippen molar-refractivity contribution in [1.29, 1.82) is 0 Å². The Kier molecular flexibility index (Phi) is 10.6. The minimum absolute atomic E-state index is 0. The highest BCUT2D eigenvalue weighted by molar-refractivity contribution is 5.78. The van der Waals surface area contributed by atoms with Crippen LogP contribution < -0.4 is 5.84 Å². The summed E-state index contributed by atoms with van der Waals surface area (Å²) in [6, 6.07) is 0. The lowest BCUT2D eigenvalue weighted by atomic mass is 9.45. The summed E-state index contributed by atoms with van der Waals surface area (Å²) < 4.78 is 0. The lowest BCUT2D eigenvalue weighted by Crippen LogP contribution is -2.52. The molecule has 34 heavy (non-hydrogen) atoms. The number of hydrazone groups is 1. The quantitative estimate of drug-likeness (QED) is 0.195. The van der Waals surface area contributed by atoms with Crippen molar-refractivity contribution in [3.05, 3.63) is 0 Å². The van der Waals surface area contributed by atoms with Crippen LogP contribution in [-0.4, -0.2) is 17.4 Å². The maximum Gasteiger partial charge on any atom is 0.0559 e. The molecule has 0 radical (unpaired) electrons. The Labute approximate surface area is 214 Å². The molecule has 0 bridgehead atoms. The molecule has 0 aliphatic heterocycles. The van der Waals surface area contributed by atoms with Crippen LogP contribution in [0, 0.1) is 52.3 Å². The third-order valence-corrected chi connectivity index (χ3v) is 10.8. The molecule has 2 N–H and O–H groups in total. The fourth-order valence-electron chi connectivity index (χ4n) is 9.33. The first-order valence-electron chi connectivity index (χ1n) is 14.6. The van der Waals surface area contributed by atoms with Gasteiger partial charge in [0.1, 0.15) is 0 Å². The van der Waals surface area contributed by atoms with Gasteiger partial charge in [0.05, 0.1) is 6.54 Å². The van der Waals surface area contributed by atoms with Crippen molar-refractivity contribution in [2.75, 3.05) is 6.54 Å². The number of hydrogen-bond acceptors (Lipinski definition) is 3. The van der Waals surface area contributed by atoms with Crippen LogP contribution in [0.2, 0.25) is 0 Å². The van der Waals surface area contributed by atoms with Crippen molar-refractivity contribution in [3.63, 3.8) is 0 Å². The summed E-state index contributed by atoms with van der Waals surface area (Å²) in [6.45, 7) is 20.0. The van der Waals surface area contributed by atoms with E-state index in [1.165, 1.54) is 70.6 Å². The summed E-state index contributed by atoms with van der Waals surface area (Å²) in [5.74, 6) is 12.3. The molecule has 3 nitrogen and oxygen atoms in total. The SMILES string of the molecule is C.CCCC1CCC2C(CCC3(C)C(C(C)CN(N)N=C(C)C)CCC23)C1(C)CCCC(C)C. The number of hydrazine groups is 1. The van der Waals surface area contributed by atoms with Crippen LogP contribution in [0.25, 0.3) is 0 Å². The molecule has 3 heteroatoms. The normalized spacial score (nSPS) is 38.0. The molecule has 8 unspecified atom stereocenters. The zero-order valence-corrected chi connectivity index (χ0v) is 23.5. The first-order chi connectivity index (χ1) is 15.5. The highest BCUT2D eigenvalue weighted by Gasteiger charge is 2.59. The largest absolute Gasteiger partial charge is 0.232 e. The van der Waals surface area contributed by atoms with E-state index < -0.39 is 0 Å². The topological polar surface area (TPSA) is 41.6 Å². The van der Waals surface area contributed by atoms with Crippen LogP contribution in [0.5, 0.6) is 0 Å². The standard InChI is InChI=1S/C30H57N3.CH4/c1-9-11-24-13-14-25-27-16-15-26(23(6)20-33(31)32-22(4)5)30(27,8)19-17-28(25)29(24,7)18-10-12-21(2)3;/h21,23-28H,9-20,31H2,1-8H3;1H4. The van der Waals surface area contributed by atoms with Gasteiger partial charge in [-0.3, -0.25) is 0 Å².